The zero-order valence-electron chi connectivity index (χ0n) is 15.8. The molecule has 1 atom stereocenters. The Morgan fingerprint density at radius 1 is 1.07 bits per heavy atom. The van der Waals surface area contributed by atoms with Crippen molar-refractivity contribution < 1.29 is 23.1 Å². The van der Waals surface area contributed by atoms with Crippen LogP contribution in [0.1, 0.15) is 30.4 Å². The highest BCUT2D eigenvalue weighted by Gasteiger charge is 2.35. The van der Waals surface area contributed by atoms with E-state index >= 15 is 0 Å². The van der Waals surface area contributed by atoms with Crippen LogP contribution in [0.15, 0.2) is 47.4 Å². The molecule has 29 heavy (non-hydrogen) atoms. The number of sulfonamides is 1. The number of carbonyl (C=O) groups is 2. The summed E-state index contributed by atoms with van der Waals surface area (Å²) < 4.78 is 28.4. The highest BCUT2D eigenvalue weighted by atomic mass is 32.2. The van der Waals surface area contributed by atoms with E-state index in [-0.39, 0.29) is 23.8 Å². The van der Waals surface area contributed by atoms with Crippen LogP contribution in [-0.4, -0.2) is 31.9 Å². The normalized spacial score (nSPS) is 19.1. The van der Waals surface area contributed by atoms with E-state index in [1.54, 1.807) is 6.07 Å². The topological polar surface area (TPSA) is 104 Å². The number of carbonyl (C=O) groups excluding carboxylic acids is 1. The quantitative estimate of drug-likeness (QED) is 0.783. The van der Waals surface area contributed by atoms with Crippen LogP contribution in [-0.2, 0) is 32.5 Å². The van der Waals surface area contributed by atoms with E-state index in [1.165, 1.54) is 34.7 Å². The molecule has 0 spiro atoms. The minimum absolute atomic E-state index is 0.0456. The van der Waals surface area contributed by atoms with Gasteiger partial charge in [-0.25, -0.2) is 8.42 Å². The lowest BCUT2D eigenvalue weighted by atomic mass is 9.91. The van der Waals surface area contributed by atoms with Crippen LogP contribution in [0, 0.1) is 5.92 Å². The van der Waals surface area contributed by atoms with Crippen LogP contribution in [0.25, 0.3) is 0 Å². The molecule has 0 unspecified atom stereocenters. The molecule has 8 heteroatoms. The molecule has 1 heterocycles. The summed E-state index contributed by atoms with van der Waals surface area (Å²) >= 11 is 0. The first-order valence-electron chi connectivity index (χ1n) is 9.62. The average molecular weight is 414 g/mol. The molecule has 1 amide bonds. The van der Waals surface area contributed by atoms with E-state index in [9.17, 15) is 18.0 Å². The summed E-state index contributed by atoms with van der Waals surface area (Å²) in [4.78, 5) is 24.7. The summed E-state index contributed by atoms with van der Waals surface area (Å²) in [5.74, 6) is -2.02. The Labute approximate surface area is 169 Å². The van der Waals surface area contributed by atoms with Crippen LogP contribution >= 0.6 is 0 Å². The van der Waals surface area contributed by atoms with Gasteiger partial charge in [-0.05, 0) is 67.1 Å². The SMILES string of the molecule is O=C(O)[C@@H]1CC(=O)N(c2ccc(S(=O)(=O)Nc3cccc4c3CCCC4)cc2)C1. The summed E-state index contributed by atoms with van der Waals surface area (Å²) in [7, 11) is -3.77. The first kappa shape index (κ1) is 19.4. The van der Waals surface area contributed by atoms with Crippen LogP contribution in [0.2, 0.25) is 0 Å². The standard InChI is InChI=1S/C21H22N2O5S/c24-20-12-15(21(25)26)13-23(20)16-8-10-17(11-9-16)29(27,28)22-19-7-3-5-14-4-1-2-6-18(14)19/h3,5,7-11,15,22H,1-2,4,6,12-13H2,(H,25,26)/t15-/m1/s1. The van der Waals surface area contributed by atoms with Crippen LogP contribution in [0.5, 0.6) is 0 Å². The van der Waals surface area contributed by atoms with E-state index in [1.807, 2.05) is 12.1 Å². The Hall–Kier alpha value is -2.87. The minimum Gasteiger partial charge on any atom is -0.481 e. The predicted octanol–water partition coefficient (Wildman–Crippen LogP) is 2.80. The molecule has 0 aromatic heterocycles. The molecule has 1 fully saturated rings. The summed E-state index contributed by atoms with van der Waals surface area (Å²) in [6, 6.07) is 11.6. The molecule has 0 bridgehead atoms. The van der Waals surface area contributed by atoms with Gasteiger partial charge in [0.2, 0.25) is 5.91 Å². The van der Waals surface area contributed by atoms with Gasteiger partial charge < -0.3 is 10.0 Å². The summed E-state index contributed by atoms with van der Waals surface area (Å²) in [5.41, 5.74) is 3.36. The number of hydrogen-bond acceptors (Lipinski definition) is 4. The van der Waals surface area contributed by atoms with E-state index in [2.05, 4.69) is 4.72 Å². The van der Waals surface area contributed by atoms with Gasteiger partial charge in [0, 0.05) is 18.7 Å². The van der Waals surface area contributed by atoms with Crippen LogP contribution in [0.3, 0.4) is 0 Å². The molecule has 2 aromatic carbocycles. The number of aliphatic carboxylic acids is 1. The number of rotatable bonds is 5. The van der Waals surface area contributed by atoms with Crippen LogP contribution in [0.4, 0.5) is 11.4 Å². The van der Waals surface area contributed by atoms with Gasteiger partial charge in [-0.3, -0.25) is 14.3 Å². The maximum Gasteiger partial charge on any atom is 0.308 e. The van der Waals surface area contributed by atoms with Crippen molar-refractivity contribution in [3.63, 3.8) is 0 Å². The number of carboxylic acid groups (broad SMARTS) is 1. The van der Waals surface area contributed by atoms with Gasteiger partial charge in [0.25, 0.3) is 10.0 Å². The van der Waals surface area contributed by atoms with Gasteiger partial charge in [-0.1, -0.05) is 12.1 Å². The van der Waals surface area contributed by atoms with E-state index < -0.39 is 21.9 Å². The molecule has 1 saturated heterocycles. The monoisotopic (exact) mass is 414 g/mol. The molecule has 1 aliphatic carbocycles. The number of amides is 1. The van der Waals surface area contributed by atoms with Gasteiger partial charge in [0.15, 0.2) is 0 Å². The zero-order chi connectivity index (χ0) is 20.6. The van der Waals surface area contributed by atoms with E-state index in [4.69, 9.17) is 5.11 Å². The number of benzene rings is 2. The largest absolute Gasteiger partial charge is 0.481 e. The Kier molecular flexibility index (Phi) is 5.04. The highest BCUT2D eigenvalue weighted by Crippen LogP contribution is 2.30. The highest BCUT2D eigenvalue weighted by molar-refractivity contribution is 7.92. The van der Waals surface area contributed by atoms with Crippen molar-refractivity contribution in [2.24, 2.45) is 5.92 Å². The minimum atomic E-state index is -3.77. The molecule has 2 aliphatic rings. The third-order valence-electron chi connectivity index (χ3n) is 5.57. The Morgan fingerprint density at radius 2 is 1.79 bits per heavy atom. The Morgan fingerprint density at radius 3 is 2.48 bits per heavy atom. The van der Waals surface area contributed by atoms with Gasteiger partial charge in [0.1, 0.15) is 0 Å². The fourth-order valence-corrected chi connectivity index (χ4v) is 5.10. The lowest BCUT2D eigenvalue weighted by molar-refractivity contribution is -0.141. The number of fused-ring (bicyclic) bond motifs is 1. The lowest BCUT2D eigenvalue weighted by Gasteiger charge is -2.20. The molecule has 7 nitrogen and oxygen atoms in total. The van der Waals surface area contributed by atoms with Gasteiger partial charge in [-0.15, -0.1) is 0 Å². The number of anilines is 2. The van der Waals surface area contributed by atoms with Crippen molar-refractivity contribution in [2.75, 3.05) is 16.2 Å². The Balaban J connectivity index is 1.55. The molecule has 2 aromatic rings. The second-order valence-electron chi connectivity index (χ2n) is 7.49. The molecule has 1 aliphatic heterocycles. The molecular formula is C21H22N2O5S. The molecule has 0 saturated carbocycles. The second-order valence-corrected chi connectivity index (χ2v) is 9.18. The number of hydrogen-bond donors (Lipinski definition) is 2. The first-order chi connectivity index (χ1) is 13.8. The Bertz CT molecular complexity index is 1060. The average Bonchev–Trinajstić information content (AvgIpc) is 3.10. The van der Waals surface area contributed by atoms with Gasteiger partial charge in [-0.2, -0.15) is 0 Å². The number of aryl methyl sites for hydroxylation is 1. The predicted molar refractivity (Wildman–Crippen MR) is 108 cm³/mol. The van der Waals surface area contributed by atoms with Crippen LogP contribution < -0.4 is 9.62 Å². The van der Waals surface area contributed by atoms with Crippen molar-refractivity contribution in [1.29, 1.82) is 0 Å². The van der Waals surface area contributed by atoms with Crippen molar-refractivity contribution in [3.8, 4) is 0 Å². The smallest absolute Gasteiger partial charge is 0.308 e. The summed E-state index contributed by atoms with van der Waals surface area (Å²) in [6.45, 7) is 0.0919. The summed E-state index contributed by atoms with van der Waals surface area (Å²) in [5, 5.41) is 9.10. The number of nitrogens with one attached hydrogen (secondary N) is 1. The van der Waals surface area contributed by atoms with Crippen molar-refractivity contribution in [3.05, 3.63) is 53.6 Å². The molecule has 2 N–H and O–H groups in total. The van der Waals surface area contributed by atoms with Crippen molar-refractivity contribution >= 4 is 33.3 Å². The summed E-state index contributed by atoms with van der Waals surface area (Å²) in [6.07, 6.45) is 3.93. The third kappa shape index (κ3) is 3.85. The van der Waals surface area contributed by atoms with E-state index in [0.29, 0.717) is 11.4 Å². The van der Waals surface area contributed by atoms with E-state index in [0.717, 1.165) is 31.2 Å². The van der Waals surface area contributed by atoms with Crippen molar-refractivity contribution in [1.82, 2.24) is 0 Å². The second kappa shape index (κ2) is 7.51. The maximum atomic E-state index is 12.9. The van der Waals surface area contributed by atoms with Crippen molar-refractivity contribution in [2.45, 2.75) is 37.0 Å². The first-order valence-corrected chi connectivity index (χ1v) is 11.1. The zero-order valence-corrected chi connectivity index (χ0v) is 16.6. The molecule has 0 radical (unpaired) electrons. The molecule has 152 valence electrons. The fraction of sp³-hybridized carbons (Fsp3) is 0.333. The molecular weight excluding hydrogens is 392 g/mol. The fourth-order valence-electron chi connectivity index (χ4n) is 4.01. The third-order valence-corrected chi connectivity index (χ3v) is 6.95. The number of carboxylic acids is 1. The van der Waals surface area contributed by atoms with Gasteiger partial charge in [0.05, 0.1) is 16.5 Å². The van der Waals surface area contributed by atoms with Gasteiger partial charge >= 0.3 is 5.97 Å². The lowest BCUT2D eigenvalue weighted by Crippen LogP contribution is -2.25. The maximum absolute atomic E-state index is 12.9. The molecule has 4 rings (SSSR count). The number of nitrogens with zero attached hydrogens (tertiary/aromatic N) is 1.